The Bertz CT molecular complexity index is 400. The molecule has 2 nitrogen and oxygen atoms in total. The highest BCUT2D eigenvalue weighted by atomic mass is 19.2. The third-order valence-corrected chi connectivity index (χ3v) is 3.18. The summed E-state index contributed by atoms with van der Waals surface area (Å²) in [7, 11) is 0. The van der Waals surface area contributed by atoms with Crippen LogP contribution < -0.4 is 11.3 Å². The zero-order valence-corrected chi connectivity index (χ0v) is 12.0. The Labute approximate surface area is 114 Å². The highest BCUT2D eigenvalue weighted by Gasteiger charge is 2.13. The minimum absolute atomic E-state index is 0.0900. The molecule has 1 aromatic rings. The fourth-order valence-electron chi connectivity index (χ4n) is 2.07. The van der Waals surface area contributed by atoms with Crippen molar-refractivity contribution < 1.29 is 8.78 Å². The molecule has 0 aliphatic heterocycles. The van der Waals surface area contributed by atoms with Gasteiger partial charge in [-0.05, 0) is 42.4 Å². The van der Waals surface area contributed by atoms with E-state index in [0.29, 0.717) is 11.8 Å². The van der Waals surface area contributed by atoms with Gasteiger partial charge < -0.3 is 0 Å². The lowest BCUT2D eigenvalue weighted by Gasteiger charge is -2.21. The van der Waals surface area contributed by atoms with E-state index in [4.69, 9.17) is 5.84 Å². The standard InChI is InChI=1S/C15H24F2N2/c1-15(2,3)8-4-5-12(19-18)9-11-6-7-13(16)14(17)10-11/h6-7,10,12,19H,4-5,8-9,18H2,1-3H3. The summed E-state index contributed by atoms with van der Waals surface area (Å²) < 4.78 is 26.0. The molecule has 0 saturated heterocycles. The Morgan fingerprint density at radius 2 is 1.89 bits per heavy atom. The minimum atomic E-state index is -0.811. The fraction of sp³-hybridized carbons (Fsp3) is 0.600. The smallest absolute Gasteiger partial charge is 0.159 e. The van der Waals surface area contributed by atoms with Crippen LogP contribution in [0.15, 0.2) is 18.2 Å². The number of nitrogens with two attached hydrogens (primary N) is 1. The van der Waals surface area contributed by atoms with E-state index in [1.54, 1.807) is 6.07 Å². The maximum absolute atomic E-state index is 13.1. The highest BCUT2D eigenvalue weighted by molar-refractivity contribution is 5.18. The van der Waals surface area contributed by atoms with E-state index in [1.165, 1.54) is 6.07 Å². The van der Waals surface area contributed by atoms with E-state index >= 15 is 0 Å². The number of halogens is 2. The number of rotatable bonds is 6. The first-order chi connectivity index (χ1) is 8.81. The number of hydrogen-bond acceptors (Lipinski definition) is 2. The average molecular weight is 270 g/mol. The molecule has 0 spiro atoms. The molecule has 4 heteroatoms. The zero-order chi connectivity index (χ0) is 14.5. The summed E-state index contributed by atoms with van der Waals surface area (Å²) in [4.78, 5) is 0. The zero-order valence-electron chi connectivity index (χ0n) is 12.0. The highest BCUT2D eigenvalue weighted by Crippen LogP contribution is 2.22. The summed E-state index contributed by atoms with van der Waals surface area (Å²) in [5.41, 5.74) is 3.82. The van der Waals surface area contributed by atoms with Gasteiger partial charge in [0.05, 0.1) is 0 Å². The predicted molar refractivity (Wildman–Crippen MR) is 74.5 cm³/mol. The van der Waals surface area contributed by atoms with E-state index in [2.05, 4.69) is 26.2 Å². The predicted octanol–water partition coefficient (Wildman–Crippen LogP) is 3.56. The topological polar surface area (TPSA) is 38.0 Å². The van der Waals surface area contributed by atoms with Gasteiger partial charge in [0.1, 0.15) is 0 Å². The molecule has 3 N–H and O–H groups in total. The number of hydrogen-bond donors (Lipinski definition) is 2. The lowest BCUT2D eigenvalue weighted by molar-refractivity contribution is 0.342. The second-order valence-corrected chi connectivity index (χ2v) is 6.27. The third kappa shape index (κ3) is 6.12. The average Bonchev–Trinajstić information content (AvgIpc) is 2.31. The van der Waals surface area contributed by atoms with E-state index in [1.807, 2.05) is 0 Å². The molecule has 0 aromatic heterocycles. The first kappa shape index (κ1) is 16.1. The molecule has 0 aliphatic rings. The van der Waals surface area contributed by atoms with Crippen LogP contribution in [0.3, 0.4) is 0 Å². The van der Waals surface area contributed by atoms with Crippen molar-refractivity contribution in [3.05, 3.63) is 35.4 Å². The molecule has 1 aromatic carbocycles. The Balaban J connectivity index is 2.49. The van der Waals surface area contributed by atoms with E-state index < -0.39 is 11.6 Å². The molecule has 0 fully saturated rings. The largest absolute Gasteiger partial charge is 0.271 e. The summed E-state index contributed by atoms with van der Waals surface area (Å²) in [6.45, 7) is 6.60. The van der Waals surface area contributed by atoms with Crippen LogP contribution in [0, 0.1) is 17.0 Å². The van der Waals surface area contributed by atoms with Crippen LogP contribution >= 0.6 is 0 Å². The molecule has 1 atom stereocenters. The van der Waals surface area contributed by atoms with Crippen molar-refractivity contribution in [2.75, 3.05) is 0 Å². The maximum Gasteiger partial charge on any atom is 0.159 e. The van der Waals surface area contributed by atoms with Gasteiger partial charge in [-0.1, -0.05) is 33.3 Å². The molecule has 19 heavy (non-hydrogen) atoms. The van der Waals surface area contributed by atoms with E-state index in [9.17, 15) is 8.78 Å². The van der Waals surface area contributed by atoms with Crippen LogP contribution in [0.5, 0.6) is 0 Å². The van der Waals surface area contributed by atoms with Crippen LogP contribution in [0.25, 0.3) is 0 Å². The SMILES string of the molecule is CC(C)(C)CCCC(Cc1ccc(F)c(F)c1)NN. The molecule has 108 valence electrons. The number of benzene rings is 1. The van der Waals surface area contributed by atoms with Gasteiger partial charge in [0.2, 0.25) is 0 Å². The number of nitrogens with one attached hydrogen (secondary N) is 1. The van der Waals surface area contributed by atoms with Crippen LogP contribution in [-0.2, 0) is 6.42 Å². The molecular weight excluding hydrogens is 246 g/mol. The van der Waals surface area contributed by atoms with Crippen LogP contribution in [0.1, 0.15) is 45.6 Å². The molecular formula is C15H24F2N2. The minimum Gasteiger partial charge on any atom is -0.271 e. The van der Waals surface area contributed by atoms with Gasteiger partial charge in [-0.3, -0.25) is 11.3 Å². The van der Waals surface area contributed by atoms with Gasteiger partial charge in [0.25, 0.3) is 0 Å². The van der Waals surface area contributed by atoms with Crippen LogP contribution in [-0.4, -0.2) is 6.04 Å². The summed E-state index contributed by atoms with van der Waals surface area (Å²) in [5.74, 6) is 3.91. The second-order valence-electron chi connectivity index (χ2n) is 6.27. The van der Waals surface area contributed by atoms with Crippen molar-refractivity contribution in [3.8, 4) is 0 Å². The van der Waals surface area contributed by atoms with Crippen LogP contribution in [0.2, 0.25) is 0 Å². The fourth-order valence-corrected chi connectivity index (χ4v) is 2.07. The van der Waals surface area contributed by atoms with Gasteiger partial charge in [-0.15, -0.1) is 0 Å². The lowest BCUT2D eigenvalue weighted by Crippen LogP contribution is -2.36. The van der Waals surface area contributed by atoms with Gasteiger partial charge in [0, 0.05) is 6.04 Å². The van der Waals surface area contributed by atoms with E-state index in [0.717, 1.165) is 30.9 Å². The van der Waals surface area contributed by atoms with Crippen molar-refractivity contribution in [1.29, 1.82) is 0 Å². The first-order valence-corrected chi connectivity index (χ1v) is 6.72. The maximum atomic E-state index is 13.1. The molecule has 1 rings (SSSR count). The van der Waals surface area contributed by atoms with Crippen molar-refractivity contribution in [2.45, 2.75) is 52.5 Å². The number of hydrazine groups is 1. The summed E-state index contributed by atoms with van der Waals surface area (Å²) in [6.07, 6.45) is 3.70. The molecule has 0 saturated carbocycles. The summed E-state index contributed by atoms with van der Waals surface area (Å²) in [6, 6.07) is 4.09. The van der Waals surface area contributed by atoms with Crippen molar-refractivity contribution in [1.82, 2.24) is 5.43 Å². The lowest BCUT2D eigenvalue weighted by atomic mass is 9.88. The molecule has 0 heterocycles. The quantitative estimate of drug-likeness (QED) is 0.613. The normalized spacial score (nSPS) is 13.6. The van der Waals surface area contributed by atoms with Gasteiger partial charge in [0.15, 0.2) is 11.6 Å². The Morgan fingerprint density at radius 3 is 2.42 bits per heavy atom. The molecule has 0 radical (unpaired) electrons. The second kappa shape index (κ2) is 6.96. The molecule has 0 aliphatic carbocycles. The van der Waals surface area contributed by atoms with Crippen molar-refractivity contribution in [2.24, 2.45) is 11.3 Å². The molecule has 0 amide bonds. The first-order valence-electron chi connectivity index (χ1n) is 6.72. The van der Waals surface area contributed by atoms with Crippen molar-refractivity contribution in [3.63, 3.8) is 0 Å². The van der Waals surface area contributed by atoms with Gasteiger partial charge >= 0.3 is 0 Å². The molecule has 1 unspecified atom stereocenters. The Kier molecular flexibility index (Phi) is 5.88. The van der Waals surface area contributed by atoms with E-state index in [-0.39, 0.29) is 6.04 Å². The Hall–Kier alpha value is -1.00. The van der Waals surface area contributed by atoms with Gasteiger partial charge in [-0.25, -0.2) is 8.78 Å². The van der Waals surface area contributed by atoms with Crippen LogP contribution in [0.4, 0.5) is 8.78 Å². The molecule has 0 bridgehead atoms. The Morgan fingerprint density at radius 1 is 1.21 bits per heavy atom. The third-order valence-electron chi connectivity index (χ3n) is 3.18. The monoisotopic (exact) mass is 270 g/mol. The summed E-state index contributed by atoms with van der Waals surface area (Å²) in [5, 5.41) is 0. The van der Waals surface area contributed by atoms with Gasteiger partial charge in [-0.2, -0.15) is 0 Å². The summed E-state index contributed by atoms with van der Waals surface area (Å²) >= 11 is 0. The van der Waals surface area contributed by atoms with Crippen molar-refractivity contribution >= 4 is 0 Å².